The van der Waals surface area contributed by atoms with Crippen molar-refractivity contribution in [2.75, 3.05) is 13.2 Å². The molecule has 0 heterocycles. The number of carboxylic acid groups (broad SMARTS) is 1. The van der Waals surface area contributed by atoms with Crippen LogP contribution in [0.25, 0.3) is 0 Å². The van der Waals surface area contributed by atoms with Gasteiger partial charge >= 0.3 is 5.97 Å². The Morgan fingerprint density at radius 1 is 1.06 bits per heavy atom. The van der Waals surface area contributed by atoms with Crippen LogP contribution in [0.1, 0.15) is 74.3 Å². The summed E-state index contributed by atoms with van der Waals surface area (Å²) < 4.78 is 11.1. The second kappa shape index (κ2) is 12.2. The first-order valence-corrected chi connectivity index (χ1v) is 11.8. The number of aliphatic hydroxyl groups is 1. The maximum absolute atomic E-state index is 10.6. The summed E-state index contributed by atoms with van der Waals surface area (Å²) in [6, 6.07) is 12.7. The third kappa shape index (κ3) is 8.49. The van der Waals surface area contributed by atoms with Gasteiger partial charge in [0, 0.05) is 0 Å². The molecule has 0 radical (unpaired) electrons. The molecule has 0 aliphatic heterocycles. The first kappa shape index (κ1) is 26.9. The molecule has 0 saturated heterocycles. The van der Waals surface area contributed by atoms with Gasteiger partial charge in [-0.25, -0.2) is 4.79 Å². The number of aryl methyl sites for hydroxylation is 3. The lowest BCUT2D eigenvalue weighted by molar-refractivity contribution is -0.142. The summed E-state index contributed by atoms with van der Waals surface area (Å²) in [5.41, 5.74) is 5.63. The Balaban J connectivity index is 1.97. The quantitative estimate of drug-likeness (QED) is 0.421. The number of hydrogen-bond donors (Lipinski definition) is 2. The van der Waals surface area contributed by atoms with Crippen molar-refractivity contribution in [3.05, 3.63) is 64.2 Å². The third-order valence-electron chi connectivity index (χ3n) is 6.23. The average molecular weight is 457 g/mol. The van der Waals surface area contributed by atoms with Crippen molar-refractivity contribution >= 4 is 5.97 Å². The maximum Gasteiger partial charge on any atom is 0.329 e. The van der Waals surface area contributed by atoms with Crippen LogP contribution in [0.15, 0.2) is 36.4 Å². The van der Waals surface area contributed by atoms with Crippen molar-refractivity contribution in [3.63, 3.8) is 0 Å². The molecule has 0 aliphatic rings. The first-order chi connectivity index (χ1) is 15.5. The van der Waals surface area contributed by atoms with E-state index in [-0.39, 0.29) is 18.6 Å². The first-order valence-electron chi connectivity index (χ1n) is 11.8. The second-order valence-corrected chi connectivity index (χ2v) is 10.0. The molecular formula is C28H40O5. The monoisotopic (exact) mass is 456 g/mol. The fourth-order valence-electron chi connectivity index (χ4n) is 3.78. The van der Waals surface area contributed by atoms with Crippen LogP contribution in [0.5, 0.6) is 5.75 Å². The van der Waals surface area contributed by atoms with Crippen molar-refractivity contribution in [3.8, 4) is 5.75 Å². The highest BCUT2D eigenvalue weighted by atomic mass is 16.5. The second-order valence-electron chi connectivity index (χ2n) is 10.0. The standard InChI is InChI=1S/C28H40O5/c1-7-22(10-8-21-9-11-24(19(2)14-21)16-32-18-27(30)31)23-12-13-25(20(3)15-23)33-17-26(29)28(4,5)6/h9,11-15,22,26,29H,7-8,10,16-18H2,1-6H3,(H,30,31). The Morgan fingerprint density at radius 2 is 1.79 bits per heavy atom. The fourth-order valence-corrected chi connectivity index (χ4v) is 3.78. The number of aliphatic carboxylic acids is 1. The van der Waals surface area contributed by atoms with E-state index < -0.39 is 12.1 Å². The zero-order valence-corrected chi connectivity index (χ0v) is 21.0. The van der Waals surface area contributed by atoms with Gasteiger partial charge in [0.25, 0.3) is 0 Å². The fraction of sp³-hybridized carbons (Fsp3) is 0.536. The molecule has 0 aliphatic carbocycles. The Bertz CT molecular complexity index is 913. The van der Waals surface area contributed by atoms with Gasteiger partial charge in [0.15, 0.2) is 0 Å². The highest BCUT2D eigenvalue weighted by Crippen LogP contribution is 2.30. The van der Waals surface area contributed by atoms with E-state index >= 15 is 0 Å². The molecule has 0 fully saturated rings. The van der Waals surface area contributed by atoms with Crippen molar-refractivity contribution in [2.24, 2.45) is 5.41 Å². The summed E-state index contributed by atoms with van der Waals surface area (Å²) in [5, 5.41) is 19.0. The smallest absolute Gasteiger partial charge is 0.329 e. The molecule has 0 saturated carbocycles. The lowest BCUT2D eigenvalue weighted by Gasteiger charge is -2.26. The molecular weight excluding hydrogens is 416 g/mol. The highest BCUT2D eigenvalue weighted by molar-refractivity contribution is 5.68. The molecule has 0 amide bonds. The molecule has 2 aromatic rings. The summed E-state index contributed by atoms with van der Waals surface area (Å²) in [6.45, 7) is 12.7. The zero-order chi connectivity index (χ0) is 24.6. The lowest BCUT2D eigenvalue weighted by Crippen LogP contribution is -2.32. The molecule has 2 rings (SSSR count). The predicted molar refractivity (Wildman–Crippen MR) is 132 cm³/mol. The van der Waals surface area contributed by atoms with E-state index in [1.54, 1.807) is 0 Å². The number of rotatable bonds is 12. The summed E-state index contributed by atoms with van der Waals surface area (Å²) in [7, 11) is 0. The zero-order valence-electron chi connectivity index (χ0n) is 21.0. The number of carbonyl (C=O) groups is 1. The molecule has 2 unspecified atom stereocenters. The van der Waals surface area contributed by atoms with Crippen LogP contribution in [-0.2, 0) is 22.6 Å². The number of benzene rings is 2. The van der Waals surface area contributed by atoms with Gasteiger partial charge in [0.1, 0.15) is 19.0 Å². The van der Waals surface area contributed by atoms with E-state index in [1.165, 1.54) is 11.1 Å². The van der Waals surface area contributed by atoms with Crippen LogP contribution in [0.3, 0.4) is 0 Å². The van der Waals surface area contributed by atoms with Gasteiger partial charge < -0.3 is 19.7 Å². The predicted octanol–water partition coefficient (Wildman–Crippen LogP) is 5.82. The molecule has 2 N–H and O–H groups in total. The average Bonchev–Trinajstić information content (AvgIpc) is 2.73. The van der Waals surface area contributed by atoms with Gasteiger partial charge in [-0.05, 0) is 78.3 Å². The van der Waals surface area contributed by atoms with Crippen LogP contribution in [0.2, 0.25) is 0 Å². The minimum Gasteiger partial charge on any atom is -0.491 e. The summed E-state index contributed by atoms with van der Waals surface area (Å²) in [4.78, 5) is 10.6. The van der Waals surface area contributed by atoms with Gasteiger partial charge in [-0.1, -0.05) is 58.0 Å². The van der Waals surface area contributed by atoms with E-state index in [2.05, 4.69) is 38.1 Å². The van der Waals surface area contributed by atoms with Gasteiger partial charge in [0.2, 0.25) is 0 Å². The third-order valence-corrected chi connectivity index (χ3v) is 6.23. The largest absolute Gasteiger partial charge is 0.491 e. The van der Waals surface area contributed by atoms with E-state index in [0.717, 1.165) is 41.7 Å². The van der Waals surface area contributed by atoms with E-state index in [0.29, 0.717) is 12.5 Å². The number of hydrogen-bond acceptors (Lipinski definition) is 4. The minimum atomic E-state index is -0.952. The van der Waals surface area contributed by atoms with E-state index in [1.807, 2.05) is 39.8 Å². The molecule has 0 bridgehead atoms. The molecule has 5 heteroatoms. The van der Waals surface area contributed by atoms with Crippen molar-refractivity contribution in [1.82, 2.24) is 0 Å². The Hall–Kier alpha value is -2.37. The Labute approximate surface area is 198 Å². The topological polar surface area (TPSA) is 76.0 Å². The molecule has 0 aromatic heterocycles. The van der Waals surface area contributed by atoms with Crippen LogP contribution in [0.4, 0.5) is 0 Å². The number of ether oxygens (including phenoxy) is 2. The minimum absolute atomic E-state index is 0.205. The van der Waals surface area contributed by atoms with Crippen LogP contribution >= 0.6 is 0 Å². The molecule has 0 spiro atoms. The van der Waals surface area contributed by atoms with Gasteiger partial charge in [-0.15, -0.1) is 0 Å². The van der Waals surface area contributed by atoms with Crippen LogP contribution in [0, 0.1) is 19.3 Å². The Kier molecular flexibility index (Phi) is 9.93. The lowest BCUT2D eigenvalue weighted by atomic mass is 9.88. The van der Waals surface area contributed by atoms with Crippen LogP contribution < -0.4 is 4.74 Å². The molecule has 2 aromatic carbocycles. The molecule has 2 atom stereocenters. The number of carboxylic acids is 1. The van der Waals surface area contributed by atoms with Crippen molar-refractivity contribution in [1.29, 1.82) is 0 Å². The van der Waals surface area contributed by atoms with E-state index in [4.69, 9.17) is 14.6 Å². The van der Waals surface area contributed by atoms with Crippen molar-refractivity contribution in [2.45, 2.75) is 79.4 Å². The number of aliphatic hydroxyl groups excluding tert-OH is 1. The van der Waals surface area contributed by atoms with Gasteiger partial charge in [-0.2, -0.15) is 0 Å². The highest BCUT2D eigenvalue weighted by Gasteiger charge is 2.23. The summed E-state index contributed by atoms with van der Waals surface area (Å²) in [5.74, 6) is 0.331. The SMILES string of the molecule is CCC(CCc1ccc(COCC(=O)O)c(C)c1)c1ccc(OCC(O)C(C)(C)C)c(C)c1. The normalized spacial score (nSPS) is 13.5. The van der Waals surface area contributed by atoms with Gasteiger partial charge in [0.05, 0.1) is 12.7 Å². The van der Waals surface area contributed by atoms with E-state index in [9.17, 15) is 9.90 Å². The molecule has 5 nitrogen and oxygen atoms in total. The van der Waals surface area contributed by atoms with Crippen molar-refractivity contribution < 1.29 is 24.5 Å². The molecule has 182 valence electrons. The van der Waals surface area contributed by atoms with Crippen LogP contribution in [-0.4, -0.2) is 35.5 Å². The van der Waals surface area contributed by atoms with Gasteiger partial charge in [-0.3, -0.25) is 0 Å². The summed E-state index contributed by atoms with van der Waals surface area (Å²) in [6.07, 6.45) is 2.57. The summed E-state index contributed by atoms with van der Waals surface area (Å²) >= 11 is 0. The Morgan fingerprint density at radius 3 is 2.36 bits per heavy atom. The molecule has 33 heavy (non-hydrogen) atoms. The maximum atomic E-state index is 10.6.